The van der Waals surface area contributed by atoms with E-state index < -0.39 is 0 Å². The van der Waals surface area contributed by atoms with E-state index in [9.17, 15) is 4.79 Å². The second kappa shape index (κ2) is 8.10. The van der Waals surface area contributed by atoms with Gasteiger partial charge in [-0.05, 0) is 29.8 Å². The zero-order valence-corrected chi connectivity index (χ0v) is 17.5. The third-order valence-electron chi connectivity index (χ3n) is 5.48. The van der Waals surface area contributed by atoms with Crippen LogP contribution in [0.5, 0.6) is 0 Å². The van der Waals surface area contributed by atoms with Gasteiger partial charge in [0.1, 0.15) is 9.71 Å². The topological polar surface area (TPSA) is 67.4 Å². The molecule has 1 fully saturated rings. The Kier molecular flexibility index (Phi) is 5.16. The highest BCUT2D eigenvalue weighted by Crippen LogP contribution is 2.37. The lowest BCUT2D eigenvalue weighted by atomic mass is 10.0. The number of ether oxygens (including phenoxy) is 1. The van der Waals surface area contributed by atoms with Crippen LogP contribution in [-0.4, -0.2) is 47.5 Å². The zero-order chi connectivity index (χ0) is 20.5. The fourth-order valence-corrected chi connectivity index (χ4v) is 5.20. The molecule has 1 aromatic carbocycles. The van der Waals surface area contributed by atoms with Crippen LogP contribution in [0.15, 0.2) is 54.9 Å². The molecule has 5 rings (SSSR count). The Morgan fingerprint density at radius 2 is 2.10 bits per heavy atom. The van der Waals surface area contributed by atoms with Gasteiger partial charge in [-0.25, -0.2) is 4.98 Å². The summed E-state index contributed by atoms with van der Waals surface area (Å²) < 4.78 is 6.15. The lowest BCUT2D eigenvalue weighted by Gasteiger charge is -2.33. The van der Waals surface area contributed by atoms with Crippen molar-refractivity contribution >= 4 is 38.4 Å². The maximum absolute atomic E-state index is 12.5. The van der Waals surface area contributed by atoms with Gasteiger partial charge in [0.15, 0.2) is 0 Å². The summed E-state index contributed by atoms with van der Waals surface area (Å²) in [6, 6.07) is 14.4. The normalized spacial score (nSPS) is 17.4. The Bertz CT molecular complexity index is 1220. The first-order valence-electron chi connectivity index (χ1n) is 10.00. The predicted octanol–water partition coefficient (Wildman–Crippen LogP) is 3.78. The van der Waals surface area contributed by atoms with Crippen molar-refractivity contribution in [1.29, 1.82) is 0 Å². The highest BCUT2D eigenvalue weighted by atomic mass is 32.1. The number of pyridine rings is 2. The summed E-state index contributed by atoms with van der Waals surface area (Å²) in [5.41, 5.74) is 3.21. The van der Waals surface area contributed by atoms with Crippen LogP contribution in [0.3, 0.4) is 0 Å². The number of carbonyl (C=O) groups is 1. The maximum atomic E-state index is 12.5. The van der Waals surface area contributed by atoms with Crippen LogP contribution in [0, 0.1) is 0 Å². The quantitative estimate of drug-likeness (QED) is 0.546. The van der Waals surface area contributed by atoms with E-state index in [1.165, 1.54) is 16.9 Å². The van der Waals surface area contributed by atoms with Gasteiger partial charge in [-0.2, -0.15) is 0 Å². The van der Waals surface area contributed by atoms with Gasteiger partial charge in [0, 0.05) is 55.4 Å². The number of hydrogen-bond donors (Lipinski definition) is 1. The molecule has 1 atom stereocenters. The van der Waals surface area contributed by atoms with Gasteiger partial charge in [-0.3, -0.25) is 14.7 Å². The van der Waals surface area contributed by atoms with Gasteiger partial charge >= 0.3 is 0 Å². The van der Waals surface area contributed by atoms with Gasteiger partial charge in [0.05, 0.1) is 18.2 Å². The molecule has 0 bridgehead atoms. The Morgan fingerprint density at radius 1 is 1.23 bits per heavy atom. The van der Waals surface area contributed by atoms with Crippen LogP contribution in [0.25, 0.3) is 21.1 Å². The highest BCUT2D eigenvalue weighted by Gasteiger charge is 2.29. The minimum Gasteiger partial charge on any atom is -0.371 e. The molecule has 0 aliphatic carbocycles. The van der Waals surface area contributed by atoms with Gasteiger partial charge in [0.2, 0.25) is 0 Å². The molecule has 30 heavy (non-hydrogen) atoms. The molecule has 152 valence electrons. The Morgan fingerprint density at radius 3 is 3.00 bits per heavy atom. The molecule has 0 spiro atoms. The number of fused-ring (bicyclic) bond motifs is 2. The van der Waals surface area contributed by atoms with Gasteiger partial charge in [-0.15, -0.1) is 11.3 Å². The fraction of sp³-hybridized carbons (Fsp3) is 0.261. The van der Waals surface area contributed by atoms with Crippen LogP contribution in [-0.2, 0) is 11.3 Å². The smallest absolute Gasteiger partial charge is 0.261 e. The fourth-order valence-electron chi connectivity index (χ4n) is 4.06. The summed E-state index contributed by atoms with van der Waals surface area (Å²) in [5.74, 6) is -0.0873. The average Bonchev–Trinajstić information content (AvgIpc) is 3.18. The molecule has 6 nitrogen and oxygen atoms in total. The van der Waals surface area contributed by atoms with Crippen molar-refractivity contribution < 1.29 is 9.53 Å². The lowest BCUT2D eigenvalue weighted by Crippen LogP contribution is -2.38. The average molecular weight is 419 g/mol. The van der Waals surface area contributed by atoms with E-state index in [0.29, 0.717) is 11.5 Å². The summed E-state index contributed by atoms with van der Waals surface area (Å²) in [5, 5.41) is 4.91. The molecular weight excluding hydrogens is 396 g/mol. The van der Waals surface area contributed by atoms with Crippen LogP contribution >= 0.6 is 11.3 Å². The van der Waals surface area contributed by atoms with Gasteiger partial charge in [-0.1, -0.05) is 18.2 Å². The van der Waals surface area contributed by atoms with Crippen LogP contribution in [0.1, 0.15) is 26.9 Å². The Labute approximate surface area is 178 Å². The lowest BCUT2D eigenvalue weighted by molar-refractivity contribution is -0.0323. The second-order valence-corrected chi connectivity index (χ2v) is 8.40. The minimum atomic E-state index is -0.161. The van der Waals surface area contributed by atoms with E-state index in [1.807, 2.05) is 24.4 Å². The van der Waals surface area contributed by atoms with Crippen molar-refractivity contribution in [2.45, 2.75) is 12.6 Å². The molecular formula is C23H22N4O2S. The molecule has 3 aromatic heterocycles. The first kappa shape index (κ1) is 19.1. The van der Waals surface area contributed by atoms with Gasteiger partial charge < -0.3 is 10.1 Å². The molecule has 1 N–H and O–H groups in total. The van der Waals surface area contributed by atoms with E-state index in [2.05, 4.69) is 44.5 Å². The van der Waals surface area contributed by atoms with Crippen molar-refractivity contribution in [3.05, 3.63) is 70.9 Å². The molecule has 1 saturated heterocycles. The monoisotopic (exact) mass is 418 g/mol. The summed E-state index contributed by atoms with van der Waals surface area (Å²) in [7, 11) is 1.66. The predicted molar refractivity (Wildman–Crippen MR) is 119 cm³/mol. The number of morpholine rings is 1. The summed E-state index contributed by atoms with van der Waals surface area (Å²) in [4.78, 5) is 25.3. The van der Waals surface area contributed by atoms with Crippen molar-refractivity contribution in [3.8, 4) is 0 Å². The first-order valence-corrected chi connectivity index (χ1v) is 10.8. The van der Waals surface area contributed by atoms with Crippen LogP contribution in [0.4, 0.5) is 0 Å². The Hall–Kier alpha value is -2.87. The number of nitrogens with zero attached hydrogens (tertiary/aromatic N) is 3. The number of hydrogen-bond acceptors (Lipinski definition) is 6. The van der Waals surface area contributed by atoms with Crippen molar-refractivity contribution in [3.63, 3.8) is 0 Å². The molecule has 0 unspecified atom stereocenters. The van der Waals surface area contributed by atoms with E-state index >= 15 is 0 Å². The van der Waals surface area contributed by atoms with Crippen molar-refractivity contribution in [2.24, 2.45) is 0 Å². The molecule has 1 aliphatic rings. The molecule has 1 amide bonds. The largest absolute Gasteiger partial charge is 0.371 e. The number of thiophene rings is 1. The summed E-state index contributed by atoms with van der Waals surface area (Å²) in [6.45, 7) is 3.05. The first-order chi connectivity index (χ1) is 14.7. The van der Waals surface area contributed by atoms with Crippen LogP contribution in [0.2, 0.25) is 0 Å². The zero-order valence-electron chi connectivity index (χ0n) is 16.7. The Balaban J connectivity index is 1.43. The van der Waals surface area contributed by atoms with E-state index in [-0.39, 0.29) is 12.0 Å². The van der Waals surface area contributed by atoms with E-state index in [0.717, 1.165) is 46.3 Å². The molecule has 0 radical (unpaired) electrons. The molecule has 4 heterocycles. The van der Waals surface area contributed by atoms with Gasteiger partial charge in [0.25, 0.3) is 5.91 Å². The van der Waals surface area contributed by atoms with Crippen LogP contribution < -0.4 is 5.32 Å². The number of aromatic nitrogens is 2. The molecule has 7 heteroatoms. The maximum Gasteiger partial charge on any atom is 0.261 e. The third kappa shape index (κ3) is 3.56. The standard InChI is InChI=1S/C23H22N4O2S/c1-24-22(28)21-20(17-5-3-9-26-23(17)30-21)19-14-27(10-11-29-19)13-15-6-7-18-16(12-15)4-2-8-25-18/h2-9,12,19H,10-11,13-14H2,1H3,(H,24,28)/t19-/m1/s1. The van der Waals surface area contributed by atoms with E-state index in [1.54, 1.807) is 13.2 Å². The number of benzene rings is 1. The molecule has 1 aliphatic heterocycles. The number of carbonyl (C=O) groups excluding carboxylic acids is 1. The number of nitrogens with one attached hydrogen (secondary N) is 1. The van der Waals surface area contributed by atoms with Crippen molar-refractivity contribution in [1.82, 2.24) is 20.2 Å². The SMILES string of the molecule is CNC(=O)c1sc2ncccc2c1[C@H]1CN(Cc2ccc3ncccc3c2)CCO1. The molecule has 0 saturated carbocycles. The highest BCUT2D eigenvalue weighted by molar-refractivity contribution is 7.20. The summed E-state index contributed by atoms with van der Waals surface area (Å²) >= 11 is 1.43. The van der Waals surface area contributed by atoms with E-state index in [4.69, 9.17) is 4.74 Å². The number of amides is 1. The molecule has 4 aromatic rings. The second-order valence-electron chi connectivity index (χ2n) is 7.41. The van der Waals surface area contributed by atoms with Crippen molar-refractivity contribution in [2.75, 3.05) is 26.7 Å². The minimum absolute atomic E-state index is 0.0873. The number of rotatable bonds is 4. The third-order valence-corrected chi connectivity index (χ3v) is 6.61. The summed E-state index contributed by atoms with van der Waals surface area (Å²) in [6.07, 6.45) is 3.42.